The molecule has 0 saturated carbocycles. The Morgan fingerprint density at radius 3 is 2.38 bits per heavy atom. The van der Waals surface area contributed by atoms with Crippen molar-refractivity contribution in [1.82, 2.24) is 15.1 Å². The van der Waals surface area contributed by atoms with E-state index in [0.717, 1.165) is 38.2 Å². The van der Waals surface area contributed by atoms with Crippen LogP contribution in [0.15, 0.2) is 77.3 Å². The minimum Gasteiger partial charge on any atom is -0.497 e. The van der Waals surface area contributed by atoms with E-state index < -0.39 is 0 Å². The van der Waals surface area contributed by atoms with Gasteiger partial charge in [0.2, 0.25) is 0 Å². The second-order valence-corrected chi connectivity index (χ2v) is 8.96. The maximum Gasteiger partial charge on any atom is 0.273 e. The van der Waals surface area contributed by atoms with Gasteiger partial charge >= 0.3 is 0 Å². The molecule has 160 valence electrons. The number of fused-ring (bicyclic) bond motifs is 1. The van der Waals surface area contributed by atoms with Gasteiger partial charge < -0.3 is 9.64 Å². The molecule has 0 fully saturated rings. The lowest BCUT2D eigenvalue weighted by atomic mass is 9.96. The monoisotopic (exact) mass is 507 g/mol. The molecule has 0 radical (unpaired) electrons. The zero-order valence-corrected chi connectivity index (χ0v) is 19.5. The molecule has 5 nitrogen and oxygen atoms in total. The van der Waals surface area contributed by atoms with Gasteiger partial charge in [-0.3, -0.25) is 9.89 Å². The number of carbonyl (C=O) groups excluding carboxylic acids is 1. The number of aromatic nitrogens is 2. The zero-order valence-electron chi connectivity index (χ0n) is 17.2. The summed E-state index contributed by atoms with van der Waals surface area (Å²) in [6.45, 7) is 0.464. The fraction of sp³-hybridized carbons (Fsp3) is 0.120. The number of amides is 1. The molecule has 1 atom stereocenters. The number of H-pyrrole nitrogens is 1. The van der Waals surface area contributed by atoms with Crippen molar-refractivity contribution in [3.05, 3.63) is 105 Å². The van der Waals surface area contributed by atoms with Crippen molar-refractivity contribution in [3.8, 4) is 17.0 Å². The zero-order chi connectivity index (χ0) is 22.2. The molecular weight excluding hydrogens is 490 g/mol. The van der Waals surface area contributed by atoms with E-state index in [4.69, 9.17) is 16.3 Å². The summed E-state index contributed by atoms with van der Waals surface area (Å²) < 4.78 is 6.25. The molecule has 1 amide bonds. The molecule has 0 aliphatic carbocycles. The van der Waals surface area contributed by atoms with E-state index >= 15 is 0 Å². The number of ether oxygens (including phenoxy) is 1. The lowest BCUT2D eigenvalue weighted by Crippen LogP contribution is -2.29. The molecule has 1 N–H and O–H groups in total. The number of halogens is 2. The third-order valence-electron chi connectivity index (χ3n) is 5.68. The predicted octanol–water partition coefficient (Wildman–Crippen LogP) is 6.25. The summed E-state index contributed by atoms with van der Waals surface area (Å²) in [5.74, 6) is 0.710. The molecule has 32 heavy (non-hydrogen) atoms. The summed E-state index contributed by atoms with van der Waals surface area (Å²) in [6, 6.07) is 23.1. The molecule has 4 aromatic rings. The van der Waals surface area contributed by atoms with E-state index in [1.165, 1.54) is 0 Å². The lowest BCUT2D eigenvalue weighted by Gasteiger charge is -2.26. The Morgan fingerprint density at radius 2 is 1.72 bits per heavy atom. The average Bonchev–Trinajstić information content (AvgIpc) is 3.35. The van der Waals surface area contributed by atoms with Crippen molar-refractivity contribution in [2.24, 2.45) is 0 Å². The van der Waals surface area contributed by atoms with Gasteiger partial charge in [0, 0.05) is 27.2 Å². The number of nitrogens with zero attached hydrogens (tertiary/aromatic N) is 2. The molecule has 0 spiro atoms. The number of nitrogens with one attached hydrogen (secondary N) is 1. The van der Waals surface area contributed by atoms with Gasteiger partial charge in [0.15, 0.2) is 0 Å². The van der Waals surface area contributed by atoms with Gasteiger partial charge in [-0.15, -0.1) is 0 Å². The van der Waals surface area contributed by atoms with Gasteiger partial charge in [0.1, 0.15) is 11.4 Å². The van der Waals surface area contributed by atoms with Crippen molar-refractivity contribution < 1.29 is 9.53 Å². The van der Waals surface area contributed by atoms with Crippen molar-refractivity contribution in [1.29, 1.82) is 0 Å². The summed E-state index contributed by atoms with van der Waals surface area (Å²) in [4.78, 5) is 15.4. The van der Waals surface area contributed by atoms with Gasteiger partial charge in [0.25, 0.3) is 5.91 Å². The van der Waals surface area contributed by atoms with Crippen molar-refractivity contribution in [3.63, 3.8) is 0 Å². The smallest absolute Gasteiger partial charge is 0.273 e. The molecule has 7 heteroatoms. The summed E-state index contributed by atoms with van der Waals surface area (Å²) in [5.41, 5.74) is 5.12. The predicted molar refractivity (Wildman–Crippen MR) is 128 cm³/mol. The molecule has 1 aliphatic rings. The van der Waals surface area contributed by atoms with E-state index in [1.807, 2.05) is 77.7 Å². The number of benzene rings is 3. The summed E-state index contributed by atoms with van der Waals surface area (Å²) in [7, 11) is 1.64. The summed E-state index contributed by atoms with van der Waals surface area (Å²) >= 11 is 9.59. The highest BCUT2D eigenvalue weighted by molar-refractivity contribution is 9.10. The van der Waals surface area contributed by atoms with Gasteiger partial charge in [-0.25, -0.2) is 0 Å². The van der Waals surface area contributed by atoms with Gasteiger partial charge in [-0.05, 0) is 47.5 Å². The molecule has 1 aliphatic heterocycles. The number of hydrogen-bond donors (Lipinski definition) is 1. The summed E-state index contributed by atoms with van der Waals surface area (Å²) in [5, 5.41) is 8.15. The SMILES string of the molecule is COc1ccc(CN2C(=O)c3[nH]nc(-c4ccc(Cl)cc4)c3C2c2ccc(Br)cc2)cc1. The van der Waals surface area contributed by atoms with Crippen LogP contribution >= 0.6 is 27.5 Å². The van der Waals surface area contributed by atoms with Gasteiger partial charge in [-0.1, -0.05) is 63.9 Å². The second kappa shape index (κ2) is 8.45. The van der Waals surface area contributed by atoms with Crippen LogP contribution in [0.5, 0.6) is 5.75 Å². The van der Waals surface area contributed by atoms with Crippen LogP contribution in [0.25, 0.3) is 11.3 Å². The number of rotatable bonds is 5. The minimum absolute atomic E-state index is 0.0727. The van der Waals surface area contributed by atoms with Crippen LogP contribution in [-0.4, -0.2) is 28.1 Å². The maximum absolute atomic E-state index is 13.5. The fourth-order valence-corrected chi connectivity index (χ4v) is 4.50. The Balaban J connectivity index is 1.60. The van der Waals surface area contributed by atoms with E-state index in [1.54, 1.807) is 7.11 Å². The molecule has 3 aromatic carbocycles. The Hall–Kier alpha value is -3.09. The van der Waals surface area contributed by atoms with Crippen LogP contribution in [0.4, 0.5) is 0 Å². The second-order valence-electron chi connectivity index (χ2n) is 7.60. The first kappa shape index (κ1) is 20.8. The van der Waals surface area contributed by atoms with E-state index in [2.05, 4.69) is 26.1 Å². The van der Waals surface area contributed by atoms with E-state index in [0.29, 0.717) is 17.3 Å². The first-order valence-electron chi connectivity index (χ1n) is 10.1. The van der Waals surface area contributed by atoms with Crippen LogP contribution < -0.4 is 4.74 Å². The Labute approximate surface area is 199 Å². The largest absolute Gasteiger partial charge is 0.497 e. The average molecular weight is 509 g/mol. The number of aromatic amines is 1. The van der Waals surface area contributed by atoms with E-state index in [-0.39, 0.29) is 11.9 Å². The molecule has 1 aromatic heterocycles. The number of methoxy groups -OCH3 is 1. The van der Waals surface area contributed by atoms with Crippen molar-refractivity contribution >= 4 is 33.4 Å². The number of hydrogen-bond acceptors (Lipinski definition) is 3. The van der Waals surface area contributed by atoms with Gasteiger partial charge in [0.05, 0.1) is 18.8 Å². The molecule has 5 rings (SSSR count). The first-order chi connectivity index (χ1) is 15.5. The third kappa shape index (κ3) is 3.70. The molecule has 0 bridgehead atoms. The normalized spacial score (nSPS) is 15.2. The van der Waals surface area contributed by atoms with Crippen LogP contribution in [0.1, 0.15) is 33.2 Å². The highest BCUT2D eigenvalue weighted by Crippen LogP contribution is 2.43. The van der Waals surface area contributed by atoms with Crippen LogP contribution in [-0.2, 0) is 6.54 Å². The number of carbonyl (C=O) groups is 1. The fourth-order valence-electron chi connectivity index (χ4n) is 4.11. The quantitative estimate of drug-likeness (QED) is 0.347. The Kier molecular flexibility index (Phi) is 5.49. The highest BCUT2D eigenvalue weighted by atomic mass is 79.9. The first-order valence-corrected chi connectivity index (χ1v) is 11.3. The van der Waals surface area contributed by atoms with Crippen molar-refractivity contribution in [2.75, 3.05) is 7.11 Å². The standard InChI is InChI=1S/C25H19BrClN3O2/c1-32-20-12-2-15(3-13-20)14-30-24(17-4-8-18(26)9-5-17)21-22(28-29-23(21)25(30)31)16-6-10-19(27)11-7-16/h2-13,24H,14H2,1H3,(H,28,29). The van der Waals surface area contributed by atoms with Crippen LogP contribution in [0.2, 0.25) is 5.02 Å². The van der Waals surface area contributed by atoms with Crippen LogP contribution in [0.3, 0.4) is 0 Å². The highest BCUT2D eigenvalue weighted by Gasteiger charge is 2.42. The minimum atomic E-state index is -0.267. The molecule has 2 heterocycles. The summed E-state index contributed by atoms with van der Waals surface area (Å²) in [6.07, 6.45) is 0. The molecular formula is C25H19BrClN3O2. The topological polar surface area (TPSA) is 58.2 Å². The Bertz CT molecular complexity index is 1270. The third-order valence-corrected chi connectivity index (χ3v) is 6.46. The molecule has 0 saturated heterocycles. The Morgan fingerprint density at radius 1 is 1.03 bits per heavy atom. The van der Waals surface area contributed by atoms with Crippen molar-refractivity contribution in [2.45, 2.75) is 12.6 Å². The van der Waals surface area contributed by atoms with Crippen LogP contribution in [0, 0.1) is 0 Å². The lowest BCUT2D eigenvalue weighted by molar-refractivity contribution is 0.0730. The van der Waals surface area contributed by atoms with Gasteiger partial charge in [-0.2, -0.15) is 5.10 Å². The maximum atomic E-state index is 13.5. The molecule has 1 unspecified atom stereocenters. The van der Waals surface area contributed by atoms with E-state index in [9.17, 15) is 4.79 Å².